The molecule has 0 bridgehead atoms. The Morgan fingerprint density at radius 2 is 1.75 bits per heavy atom. The highest BCUT2D eigenvalue weighted by Crippen LogP contribution is 2.40. The Morgan fingerprint density at radius 3 is 2.50 bits per heavy atom. The number of nitrogens with zero attached hydrogens (tertiary/aromatic N) is 4. The molecule has 0 amide bonds. The molecule has 0 aliphatic heterocycles. The summed E-state index contributed by atoms with van der Waals surface area (Å²) in [6.07, 6.45) is -5.46. The molecule has 14 heteroatoms. The van der Waals surface area contributed by atoms with Gasteiger partial charge in [0.1, 0.15) is 5.69 Å². The van der Waals surface area contributed by atoms with E-state index in [1.54, 1.807) is 0 Å². The van der Waals surface area contributed by atoms with Crippen molar-refractivity contribution >= 4 is 22.5 Å². The number of anilines is 2. The number of fused-ring (bicyclic) bond motifs is 1. The lowest BCUT2D eigenvalue weighted by Crippen LogP contribution is -2.15. The number of oxazole rings is 1. The predicted octanol–water partition coefficient (Wildman–Crippen LogP) is 5.55. The number of hydrogen-bond acceptors (Lipinski definition) is 6. The van der Waals surface area contributed by atoms with Crippen molar-refractivity contribution in [3.63, 3.8) is 0 Å². The second-order valence-corrected chi connectivity index (χ2v) is 7.44. The molecular weight excluding hydrogens is 494 g/mol. The van der Waals surface area contributed by atoms with Crippen LogP contribution in [0.2, 0.25) is 0 Å². The van der Waals surface area contributed by atoms with Gasteiger partial charge in [0.15, 0.2) is 11.5 Å². The van der Waals surface area contributed by atoms with Crippen molar-refractivity contribution in [2.24, 2.45) is 0 Å². The summed E-state index contributed by atoms with van der Waals surface area (Å²) in [5.41, 5.74) is -3.39. The van der Waals surface area contributed by atoms with Gasteiger partial charge < -0.3 is 14.7 Å². The minimum atomic E-state index is -4.90. The second-order valence-electron chi connectivity index (χ2n) is 7.44. The normalized spacial score (nSPS) is 12.3. The third-order valence-electron chi connectivity index (χ3n) is 5.13. The summed E-state index contributed by atoms with van der Waals surface area (Å²) in [6.45, 7) is 0. The Hall–Kier alpha value is -4.62. The molecule has 0 saturated heterocycles. The Morgan fingerprint density at radius 1 is 0.944 bits per heavy atom. The van der Waals surface area contributed by atoms with Crippen LogP contribution in [0.15, 0.2) is 70.4 Å². The average molecular weight is 506 g/mol. The highest BCUT2D eigenvalue weighted by Gasteiger charge is 2.40. The second kappa shape index (κ2) is 8.25. The largest absolute Gasteiger partial charge is 0.434 e. The van der Waals surface area contributed by atoms with Crippen LogP contribution in [0, 0.1) is 0 Å². The maximum atomic E-state index is 14.2. The maximum absolute atomic E-state index is 14.2. The summed E-state index contributed by atoms with van der Waals surface area (Å²) >= 11 is 0. The smallest absolute Gasteiger partial charge is 0.423 e. The Balaban J connectivity index is 1.56. The van der Waals surface area contributed by atoms with Crippen LogP contribution < -0.4 is 10.9 Å². The van der Waals surface area contributed by atoms with Gasteiger partial charge >= 0.3 is 12.4 Å². The van der Waals surface area contributed by atoms with Crippen LogP contribution in [0.4, 0.5) is 38.0 Å². The van der Waals surface area contributed by atoms with E-state index in [1.807, 2.05) is 0 Å². The van der Waals surface area contributed by atoms with Gasteiger partial charge in [-0.15, -0.1) is 0 Å². The van der Waals surface area contributed by atoms with Crippen LogP contribution >= 0.6 is 0 Å². The summed E-state index contributed by atoms with van der Waals surface area (Å²) in [5, 5.41) is 6.76. The van der Waals surface area contributed by atoms with E-state index in [2.05, 4.69) is 25.4 Å². The molecule has 36 heavy (non-hydrogen) atoms. The minimum absolute atomic E-state index is 0.00602. The Bertz CT molecular complexity index is 1630. The van der Waals surface area contributed by atoms with Crippen LogP contribution in [-0.2, 0) is 12.4 Å². The molecule has 8 nitrogen and oxygen atoms in total. The first kappa shape index (κ1) is 23.1. The van der Waals surface area contributed by atoms with E-state index in [1.165, 1.54) is 36.5 Å². The topological polar surface area (TPSA) is 102 Å². The summed E-state index contributed by atoms with van der Waals surface area (Å²) < 4.78 is 87.2. The van der Waals surface area contributed by atoms with Crippen molar-refractivity contribution in [3.8, 4) is 17.0 Å². The van der Waals surface area contributed by atoms with Gasteiger partial charge in [-0.25, -0.2) is 9.67 Å². The molecule has 2 N–H and O–H groups in total. The molecule has 184 valence electrons. The molecular formula is C22H12F6N6O2. The van der Waals surface area contributed by atoms with E-state index in [4.69, 9.17) is 4.42 Å². The molecule has 5 aromatic rings. The quantitative estimate of drug-likeness (QED) is 0.310. The summed E-state index contributed by atoms with van der Waals surface area (Å²) in [5.74, 6) is -0.334. The van der Waals surface area contributed by atoms with E-state index >= 15 is 0 Å². The van der Waals surface area contributed by atoms with Crippen molar-refractivity contribution in [3.05, 3.63) is 82.9 Å². The number of rotatable bonds is 4. The van der Waals surface area contributed by atoms with Crippen molar-refractivity contribution in [1.29, 1.82) is 0 Å². The molecule has 0 fully saturated rings. The molecule has 4 heterocycles. The van der Waals surface area contributed by atoms with Crippen molar-refractivity contribution in [2.45, 2.75) is 12.4 Å². The minimum Gasteiger partial charge on any atom is -0.423 e. The first-order chi connectivity index (χ1) is 17.0. The highest BCUT2D eigenvalue weighted by molar-refractivity contribution is 5.89. The monoisotopic (exact) mass is 506 g/mol. The van der Waals surface area contributed by atoms with E-state index in [9.17, 15) is 31.1 Å². The third-order valence-corrected chi connectivity index (χ3v) is 5.13. The van der Waals surface area contributed by atoms with Crippen molar-refractivity contribution < 1.29 is 30.8 Å². The highest BCUT2D eigenvalue weighted by atomic mass is 19.4. The fourth-order valence-corrected chi connectivity index (χ4v) is 3.62. The number of benzene rings is 1. The van der Waals surface area contributed by atoms with Gasteiger partial charge in [0.2, 0.25) is 0 Å². The van der Waals surface area contributed by atoms with Gasteiger partial charge in [0.25, 0.3) is 11.6 Å². The molecule has 5 rings (SSSR count). The van der Waals surface area contributed by atoms with Gasteiger partial charge in [-0.2, -0.15) is 31.4 Å². The molecule has 0 saturated carbocycles. The fraction of sp³-hybridized carbons (Fsp3) is 0.0909. The first-order valence-corrected chi connectivity index (χ1v) is 10.0. The Kier molecular flexibility index (Phi) is 5.30. The zero-order chi connectivity index (χ0) is 25.7. The van der Waals surface area contributed by atoms with Gasteiger partial charge in [0, 0.05) is 28.9 Å². The first-order valence-electron chi connectivity index (χ1n) is 10.0. The van der Waals surface area contributed by atoms with Crippen LogP contribution in [0.1, 0.15) is 11.4 Å². The van der Waals surface area contributed by atoms with Crippen LogP contribution in [0.25, 0.3) is 27.8 Å². The van der Waals surface area contributed by atoms with E-state index < -0.39 is 34.9 Å². The molecule has 0 aliphatic rings. The molecule has 0 unspecified atom stereocenters. The number of aromatic nitrogens is 5. The fourth-order valence-electron chi connectivity index (χ4n) is 3.62. The van der Waals surface area contributed by atoms with Gasteiger partial charge in [-0.05, 0) is 30.3 Å². The van der Waals surface area contributed by atoms with Gasteiger partial charge in [0.05, 0.1) is 23.6 Å². The van der Waals surface area contributed by atoms with Crippen molar-refractivity contribution in [1.82, 2.24) is 24.7 Å². The number of pyridine rings is 2. The number of halogens is 6. The number of alkyl halides is 6. The lowest BCUT2D eigenvalue weighted by atomic mass is 10.1. The van der Waals surface area contributed by atoms with Crippen molar-refractivity contribution in [2.75, 3.05) is 5.32 Å². The molecule has 0 radical (unpaired) electrons. The lowest BCUT2D eigenvalue weighted by Gasteiger charge is -2.13. The molecule has 1 aromatic carbocycles. The van der Waals surface area contributed by atoms with Gasteiger partial charge in [-0.1, -0.05) is 6.07 Å². The predicted molar refractivity (Wildman–Crippen MR) is 115 cm³/mol. The number of hydrogen-bond donors (Lipinski definition) is 2. The standard InChI is InChI=1S/C22H12F6N6O2/c23-21(24,25)17-8-11(4-6-29-17)33-20-31-10-16(36-20)14-9-32-34(18(14)22(26,27)28)15-3-1-2-13-12(15)5-7-30-19(13)35/h1-10H,(H,30,35)(H,29,31,33). The van der Waals surface area contributed by atoms with E-state index in [0.717, 1.165) is 18.6 Å². The van der Waals surface area contributed by atoms with E-state index in [-0.39, 0.29) is 33.9 Å². The molecule has 0 aliphatic carbocycles. The summed E-state index contributed by atoms with van der Waals surface area (Å²) in [6, 6.07) is 7.28. The van der Waals surface area contributed by atoms with Crippen LogP contribution in [0.5, 0.6) is 0 Å². The number of H-pyrrole nitrogens is 1. The van der Waals surface area contributed by atoms with Gasteiger partial charge in [-0.3, -0.25) is 9.78 Å². The summed E-state index contributed by atoms with van der Waals surface area (Å²) in [7, 11) is 0. The summed E-state index contributed by atoms with van der Waals surface area (Å²) in [4.78, 5) is 21.6. The Labute approximate surface area is 196 Å². The molecule has 0 spiro atoms. The SMILES string of the molecule is O=c1[nH]ccc2c(-n3ncc(-c4cnc(Nc5ccnc(C(F)(F)F)c5)o4)c3C(F)(F)F)cccc12. The van der Waals surface area contributed by atoms with Crippen LogP contribution in [-0.4, -0.2) is 24.7 Å². The zero-order valence-corrected chi connectivity index (χ0v) is 17.6. The average Bonchev–Trinajstić information content (AvgIpc) is 3.46. The number of aromatic amines is 1. The zero-order valence-electron chi connectivity index (χ0n) is 17.6. The number of nitrogens with one attached hydrogen (secondary N) is 2. The lowest BCUT2D eigenvalue weighted by molar-refractivity contribution is -0.142. The third kappa shape index (κ3) is 4.16. The van der Waals surface area contributed by atoms with E-state index in [0.29, 0.717) is 10.7 Å². The van der Waals surface area contributed by atoms with Crippen LogP contribution in [0.3, 0.4) is 0 Å². The molecule has 4 aromatic heterocycles. The maximum Gasteiger partial charge on any atom is 0.434 e. The molecule has 0 atom stereocenters.